The van der Waals surface area contributed by atoms with Crippen LogP contribution in [-0.2, 0) is 6.18 Å². The van der Waals surface area contributed by atoms with Gasteiger partial charge in [0.25, 0.3) is 5.91 Å². The molecule has 128 valence electrons. The molecule has 0 saturated carbocycles. The van der Waals surface area contributed by atoms with Crippen LogP contribution in [0.25, 0.3) is 10.2 Å². The number of carbonyl (C=O) groups excluding carboxylic acids is 1. The van der Waals surface area contributed by atoms with Crippen LogP contribution >= 0.6 is 23.7 Å². The molecular weight excluding hydrogens is 351 g/mol. The number of amides is 1. The molecule has 0 bridgehead atoms. The number of nitrogens with zero attached hydrogens (tertiary/aromatic N) is 1. The summed E-state index contributed by atoms with van der Waals surface area (Å²) < 4.78 is 38.0. The number of nitrogens with one attached hydrogen (secondary N) is 1. The molecule has 2 aromatic heterocycles. The Morgan fingerprint density at radius 1 is 1.43 bits per heavy atom. The van der Waals surface area contributed by atoms with E-state index < -0.39 is 11.9 Å². The van der Waals surface area contributed by atoms with Crippen molar-refractivity contribution in [3.63, 3.8) is 0 Å². The summed E-state index contributed by atoms with van der Waals surface area (Å²) >= 11 is 0.967. The van der Waals surface area contributed by atoms with E-state index in [1.165, 1.54) is 6.07 Å². The van der Waals surface area contributed by atoms with E-state index in [2.05, 4.69) is 10.3 Å². The van der Waals surface area contributed by atoms with Gasteiger partial charge in [-0.15, -0.1) is 23.7 Å². The predicted molar refractivity (Wildman–Crippen MR) is 87.2 cm³/mol. The summed E-state index contributed by atoms with van der Waals surface area (Å²) in [7, 11) is 0. The Bertz CT molecular complexity index is 700. The topological polar surface area (TPSA) is 68.0 Å². The highest BCUT2D eigenvalue weighted by atomic mass is 35.5. The Morgan fingerprint density at radius 2 is 2.09 bits per heavy atom. The summed E-state index contributed by atoms with van der Waals surface area (Å²) in [4.78, 5) is 16.3. The van der Waals surface area contributed by atoms with E-state index in [0.29, 0.717) is 28.8 Å². The molecule has 0 radical (unpaired) electrons. The van der Waals surface area contributed by atoms with Gasteiger partial charge in [0, 0.05) is 18.0 Å². The fourth-order valence-corrected chi connectivity index (χ4v) is 3.06. The van der Waals surface area contributed by atoms with Crippen LogP contribution in [0.4, 0.5) is 13.2 Å². The van der Waals surface area contributed by atoms with Crippen molar-refractivity contribution in [2.75, 3.05) is 6.54 Å². The molecule has 2 rings (SSSR count). The monoisotopic (exact) mass is 367 g/mol. The van der Waals surface area contributed by atoms with Gasteiger partial charge in [-0.25, -0.2) is 4.98 Å². The van der Waals surface area contributed by atoms with Gasteiger partial charge in [-0.1, -0.05) is 0 Å². The van der Waals surface area contributed by atoms with E-state index in [4.69, 9.17) is 5.73 Å². The first kappa shape index (κ1) is 19.7. The first-order chi connectivity index (χ1) is 10.2. The van der Waals surface area contributed by atoms with E-state index >= 15 is 0 Å². The molecule has 0 fully saturated rings. The van der Waals surface area contributed by atoms with Crippen molar-refractivity contribution in [2.24, 2.45) is 5.73 Å². The highest BCUT2D eigenvalue weighted by Crippen LogP contribution is 2.34. The summed E-state index contributed by atoms with van der Waals surface area (Å²) in [6.07, 6.45) is -3.86. The van der Waals surface area contributed by atoms with Gasteiger partial charge in [0.05, 0.1) is 4.88 Å². The molecule has 0 spiro atoms. The predicted octanol–water partition coefficient (Wildman–Crippen LogP) is 3.51. The first-order valence-corrected chi connectivity index (χ1v) is 7.53. The van der Waals surface area contributed by atoms with Crippen molar-refractivity contribution in [2.45, 2.75) is 32.5 Å². The minimum absolute atomic E-state index is 0. The van der Waals surface area contributed by atoms with Crippen LogP contribution in [0.2, 0.25) is 0 Å². The summed E-state index contributed by atoms with van der Waals surface area (Å²) in [6, 6.07) is 2.26. The van der Waals surface area contributed by atoms with Gasteiger partial charge in [-0.05, 0) is 38.0 Å². The number of hydrogen-bond donors (Lipinski definition) is 2. The van der Waals surface area contributed by atoms with Crippen LogP contribution in [0.15, 0.2) is 12.1 Å². The molecule has 0 aliphatic rings. The highest BCUT2D eigenvalue weighted by Gasteiger charge is 2.33. The number of pyridine rings is 1. The zero-order valence-electron chi connectivity index (χ0n) is 12.5. The molecule has 1 amide bonds. The van der Waals surface area contributed by atoms with Crippen molar-refractivity contribution < 1.29 is 18.0 Å². The lowest BCUT2D eigenvalue weighted by Crippen LogP contribution is -2.28. The summed E-state index contributed by atoms with van der Waals surface area (Å²) in [5, 5.41) is 3.28. The number of alkyl halides is 3. The van der Waals surface area contributed by atoms with Crippen molar-refractivity contribution in [1.29, 1.82) is 0 Å². The minimum atomic E-state index is -4.49. The van der Waals surface area contributed by atoms with E-state index in [1.807, 2.05) is 6.92 Å². The number of fused-ring (bicyclic) bond motifs is 1. The van der Waals surface area contributed by atoms with Crippen LogP contribution in [0, 0.1) is 6.92 Å². The molecule has 9 heteroatoms. The fraction of sp³-hybridized carbons (Fsp3) is 0.429. The molecule has 1 unspecified atom stereocenters. The lowest BCUT2D eigenvalue weighted by molar-refractivity contribution is -0.140. The largest absolute Gasteiger partial charge is 0.433 e. The summed E-state index contributed by atoms with van der Waals surface area (Å²) in [5.41, 5.74) is 5.29. The molecule has 0 aromatic carbocycles. The van der Waals surface area contributed by atoms with Gasteiger partial charge in [0.1, 0.15) is 10.5 Å². The van der Waals surface area contributed by atoms with Gasteiger partial charge >= 0.3 is 6.18 Å². The Hall–Kier alpha value is -1.38. The molecule has 0 aliphatic heterocycles. The highest BCUT2D eigenvalue weighted by molar-refractivity contribution is 7.20. The Morgan fingerprint density at radius 3 is 2.65 bits per heavy atom. The zero-order chi connectivity index (χ0) is 16.5. The molecule has 0 aliphatic carbocycles. The molecular formula is C14H17ClF3N3OS. The van der Waals surface area contributed by atoms with Crippen LogP contribution in [0.1, 0.15) is 34.3 Å². The third-order valence-electron chi connectivity index (χ3n) is 3.19. The Balaban J connectivity index is 0.00000264. The SMILES string of the molecule is Cc1c(C(=O)NCCC(C)N)sc2nc(C(F)(F)F)ccc12.Cl. The number of nitrogens with two attached hydrogens (primary N) is 1. The van der Waals surface area contributed by atoms with Crippen LogP contribution in [0.3, 0.4) is 0 Å². The van der Waals surface area contributed by atoms with Gasteiger partial charge in [-0.3, -0.25) is 4.79 Å². The molecule has 2 heterocycles. The third kappa shape index (κ3) is 4.55. The number of hydrogen-bond acceptors (Lipinski definition) is 4. The molecule has 23 heavy (non-hydrogen) atoms. The number of halogens is 4. The lowest BCUT2D eigenvalue weighted by Gasteiger charge is -2.06. The first-order valence-electron chi connectivity index (χ1n) is 6.71. The maximum Gasteiger partial charge on any atom is 0.433 e. The number of carbonyl (C=O) groups is 1. The number of rotatable bonds is 4. The second-order valence-electron chi connectivity index (χ2n) is 5.13. The van der Waals surface area contributed by atoms with Crippen molar-refractivity contribution in [3.8, 4) is 0 Å². The van der Waals surface area contributed by atoms with E-state index in [0.717, 1.165) is 17.4 Å². The van der Waals surface area contributed by atoms with Gasteiger partial charge < -0.3 is 11.1 Å². The lowest BCUT2D eigenvalue weighted by atomic mass is 10.1. The Kier molecular flexibility index (Phi) is 6.38. The Labute approximate surface area is 141 Å². The number of aryl methyl sites for hydroxylation is 1. The minimum Gasteiger partial charge on any atom is -0.351 e. The smallest absolute Gasteiger partial charge is 0.351 e. The summed E-state index contributed by atoms with van der Waals surface area (Å²) in [5.74, 6) is -0.310. The average Bonchev–Trinajstić information content (AvgIpc) is 2.74. The zero-order valence-corrected chi connectivity index (χ0v) is 14.2. The second-order valence-corrected chi connectivity index (χ2v) is 6.12. The molecule has 1 atom stereocenters. The average molecular weight is 368 g/mol. The fourth-order valence-electron chi connectivity index (χ4n) is 1.97. The maximum atomic E-state index is 12.7. The van der Waals surface area contributed by atoms with Crippen molar-refractivity contribution in [1.82, 2.24) is 10.3 Å². The molecule has 4 nitrogen and oxygen atoms in total. The van der Waals surface area contributed by atoms with E-state index in [-0.39, 0.29) is 29.2 Å². The third-order valence-corrected chi connectivity index (χ3v) is 4.39. The molecule has 3 N–H and O–H groups in total. The van der Waals surface area contributed by atoms with Crippen molar-refractivity contribution >= 4 is 39.9 Å². The second kappa shape index (κ2) is 7.46. The van der Waals surface area contributed by atoms with Gasteiger partial charge in [0.15, 0.2) is 0 Å². The maximum absolute atomic E-state index is 12.7. The van der Waals surface area contributed by atoms with Crippen LogP contribution < -0.4 is 11.1 Å². The number of thiophene rings is 1. The van der Waals surface area contributed by atoms with Gasteiger partial charge in [-0.2, -0.15) is 13.2 Å². The number of aromatic nitrogens is 1. The van der Waals surface area contributed by atoms with E-state index in [1.54, 1.807) is 6.92 Å². The van der Waals surface area contributed by atoms with Crippen LogP contribution in [-0.4, -0.2) is 23.5 Å². The van der Waals surface area contributed by atoms with Crippen LogP contribution in [0.5, 0.6) is 0 Å². The quantitative estimate of drug-likeness (QED) is 0.868. The summed E-state index contributed by atoms with van der Waals surface area (Å²) in [6.45, 7) is 3.96. The van der Waals surface area contributed by atoms with Crippen molar-refractivity contribution in [3.05, 3.63) is 28.3 Å². The van der Waals surface area contributed by atoms with Gasteiger partial charge in [0.2, 0.25) is 0 Å². The normalized spacial score (nSPS) is 12.8. The molecule has 2 aromatic rings. The van der Waals surface area contributed by atoms with E-state index in [9.17, 15) is 18.0 Å². The molecule has 0 saturated heterocycles. The standard InChI is InChI=1S/C14H16F3N3OS.ClH/c1-7(18)5-6-19-12(21)11-8(2)9-3-4-10(14(15,16)17)20-13(9)22-11;/h3-4,7H,5-6,18H2,1-2H3,(H,19,21);1H.